The minimum atomic E-state index is 0.0291. The van der Waals surface area contributed by atoms with Gasteiger partial charge in [-0.2, -0.15) is 10.2 Å². The van der Waals surface area contributed by atoms with Crippen LogP contribution in [0.15, 0.2) is 42.7 Å². The van der Waals surface area contributed by atoms with Gasteiger partial charge in [0.2, 0.25) is 5.91 Å². The second kappa shape index (κ2) is 7.25. The number of carbonyl (C=O) groups is 2. The van der Waals surface area contributed by atoms with Crippen molar-refractivity contribution in [2.75, 3.05) is 13.1 Å². The monoisotopic (exact) mass is 390 g/mol. The minimum absolute atomic E-state index is 0.0291. The molecular weight excluding hydrogens is 364 g/mol. The zero-order chi connectivity index (χ0) is 19.8. The van der Waals surface area contributed by atoms with Crippen molar-refractivity contribution in [3.05, 3.63) is 59.4 Å². The predicted octanol–water partition coefficient (Wildman–Crippen LogP) is 2.81. The van der Waals surface area contributed by atoms with Crippen LogP contribution in [0.5, 0.6) is 0 Å². The molecular formula is C23H26N4O2. The number of hydrogen-bond donors (Lipinski definition) is 1. The van der Waals surface area contributed by atoms with Gasteiger partial charge in [-0.15, -0.1) is 0 Å². The summed E-state index contributed by atoms with van der Waals surface area (Å²) in [6.07, 6.45) is 8.78. The summed E-state index contributed by atoms with van der Waals surface area (Å²) in [5, 5.41) is 10.7. The van der Waals surface area contributed by atoms with Gasteiger partial charge >= 0.3 is 0 Å². The summed E-state index contributed by atoms with van der Waals surface area (Å²) in [5.41, 5.74) is 3.39. The van der Waals surface area contributed by atoms with Crippen LogP contribution in [0.4, 0.5) is 0 Å². The van der Waals surface area contributed by atoms with Gasteiger partial charge in [0.05, 0.1) is 18.0 Å². The molecule has 0 bridgehead atoms. The molecule has 1 N–H and O–H groups in total. The summed E-state index contributed by atoms with van der Waals surface area (Å²) in [5.74, 6) is 0.486. The molecule has 5 rings (SSSR count). The largest absolute Gasteiger partial charge is 0.353 e. The molecule has 2 fully saturated rings. The van der Waals surface area contributed by atoms with E-state index >= 15 is 0 Å². The number of nitrogens with zero attached hydrogens (tertiary/aromatic N) is 3. The molecule has 1 aromatic carbocycles. The summed E-state index contributed by atoms with van der Waals surface area (Å²) in [7, 11) is 0. The molecule has 29 heavy (non-hydrogen) atoms. The van der Waals surface area contributed by atoms with Crippen molar-refractivity contribution in [2.24, 2.45) is 0 Å². The van der Waals surface area contributed by atoms with Crippen molar-refractivity contribution in [3.63, 3.8) is 0 Å². The second-order valence-corrected chi connectivity index (χ2v) is 8.74. The van der Waals surface area contributed by atoms with E-state index in [-0.39, 0.29) is 23.1 Å². The van der Waals surface area contributed by atoms with Gasteiger partial charge in [-0.25, -0.2) is 0 Å². The zero-order valence-corrected chi connectivity index (χ0v) is 16.5. The van der Waals surface area contributed by atoms with Crippen LogP contribution in [0.25, 0.3) is 0 Å². The van der Waals surface area contributed by atoms with E-state index in [0.717, 1.165) is 45.2 Å². The highest BCUT2D eigenvalue weighted by Gasteiger charge is 2.46. The number of carbonyl (C=O) groups excluding carboxylic acids is 2. The molecule has 1 aliphatic heterocycles. The number of fused-ring (bicyclic) bond motifs is 2. The lowest BCUT2D eigenvalue weighted by atomic mass is 9.73. The van der Waals surface area contributed by atoms with Crippen molar-refractivity contribution in [1.29, 1.82) is 0 Å². The second-order valence-electron chi connectivity index (χ2n) is 8.74. The highest BCUT2D eigenvalue weighted by molar-refractivity contribution is 5.93. The molecule has 3 aliphatic rings. The van der Waals surface area contributed by atoms with Crippen molar-refractivity contribution in [2.45, 2.75) is 55.9 Å². The van der Waals surface area contributed by atoms with E-state index in [0.29, 0.717) is 18.0 Å². The van der Waals surface area contributed by atoms with E-state index in [9.17, 15) is 9.59 Å². The Morgan fingerprint density at radius 1 is 1.10 bits per heavy atom. The van der Waals surface area contributed by atoms with Crippen LogP contribution in [-0.4, -0.2) is 46.0 Å². The Hall–Kier alpha value is -2.76. The van der Waals surface area contributed by atoms with Gasteiger partial charge in [0, 0.05) is 25.6 Å². The first-order chi connectivity index (χ1) is 14.1. The van der Waals surface area contributed by atoms with Crippen LogP contribution in [-0.2, 0) is 10.2 Å². The van der Waals surface area contributed by atoms with Gasteiger partial charge in [-0.3, -0.25) is 9.59 Å². The minimum Gasteiger partial charge on any atom is -0.353 e. The highest BCUT2D eigenvalue weighted by atomic mass is 16.2. The molecule has 2 aliphatic carbocycles. The normalized spacial score (nSPS) is 22.3. The number of amides is 2. The highest BCUT2D eigenvalue weighted by Crippen LogP contribution is 2.52. The van der Waals surface area contributed by atoms with Crippen LogP contribution >= 0.6 is 0 Å². The molecule has 1 atom stereocenters. The van der Waals surface area contributed by atoms with Crippen LogP contribution in [0, 0.1) is 0 Å². The van der Waals surface area contributed by atoms with Gasteiger partial charge in [-0.1, -0.05) is 24.3 Å². The van der Waals surface area contributed by atoms with Crippen molar-refractivity contribution in [1.82, 2.24) is 20.4 Å². The Labute approximate surface area is 170 Å². The fraction of sp³-hybridized carbons (Fsp3) is 0.478. The summed E-state index contributed by atoms with van der Waals surface area (Å²) in [6, 6.07) is 10.7. The van der Waals surface area contributed by atoms with Crippen LogP contribution < -0.4 is 5.32 Å². The number of aromatic nitrogens is 2. The topological polar surface area (TPSA) is 75.2 Å². The number of rotatable bonds is 4. The molecule has 150 valence electrons. The van der Waals surface area contributed by atoms with E-state index < -0.39 is 0 Å². The van der Waals surface area contributed by atoms with E-state index in [1.807, 2.05) is 4.90 Å². The number of piperidine rings is 1. The Balaban J connectivity index is 1.31. The summed E-state index contributed by atoms with van der Waals surface area (Å²) in [4.78, 5) is 27.2. The van der Waals surface area contributed by atoms with Crippen LogP contribution in [0.2, 0.25) is 0 Å². The van der Waals surface area contributed by atoms with Crippen molar-refractivity contribution >= 4 is 11.8 Å². The third kappa shape index (κ3) is 3.52. The molecule has 6 heteroatoms. The summed E-state index contributed by atoms with van der Waals surface area (Å²) in [6.45, 7) is 1.47. The lowest BCUT2D eigenvalue weighted by Crippen LogP contribution is -2.44. The average molecular weight is 390 g/mol. The first-order valence-corrected chi connectivity index (χ1v) is 10.6. The Morgan fingerprint density at radius 3 is 2.62 bits per heavy atom. The molecule has 1 saturated carbocycles. The first kappa shape index (κ1) is 18.3. The molecule has 2 heterocycles. The molecule has 1 spiro atoms. The molecule has 1 saturated heterocycles. The van der Waals surface area contributed by atoms with Crippen LogP contribution in [0.1, 0.15) is 65.9 Å². The van der Waals surface area contributed by atoms with E-state index in [1.165, 1.54) is 17.3 Å². The summed E-state index contributed by atoms with van der Waals surface area (Å²) >= 11 is 0. The van der Waals surface area contributed by atoms with Crippen molar-refractivity contribution in [3.8, 4) is 0 Å². The van der Waals surface area contributed by atoms with Gasteiger partial charge in [0.25, 0.3) is 5.91 Å². The molecule has 0 unspecified atom stereocenters. The first-order valence-electron chi connectivity index (χ1n) is 10.6. The fourth-order valence-corrected chi connectivity index (χ4v) is 5.16. The van der Waals surface area contributed by atoms with Crippen molar-refractivity contribution < 1.29 is 9.59 Å². The number of benzene rings is 1. The number of hydrogen-bond acceptors (Lipinski definition) is 4. The predicted molar refractivity (Wildman–Crippen MR) is 108 cm³/mol. The van der Waals surface area contributed by atoms with E-state index in [2.05, 4.69) is 39.8 Å². The molecule has 0 radical (unpaired) electrons. The van der Waals surface area contributed by atoms with E-state index in [4.69, 9.17) is 0 Å². The fourth-order valence-electron chi connectivity index (χ4n) is 5.16. The SMILES string of the molecule is O=C(C[C@H]1CC2(CCN(C(=O)c3ccnnc3)CC2)c2ccccc21)NC1CC1. The Morgan fingerprint density at radius 2 is 1.90 bits per heavy atom. The molecule has 2 amide bonds. The standard InChI is InChI=1S/C23H26N4O2/c28-21(26-18-5-6-18)13-17-14-23(20-4-2-1-3-19(17)20)8-11-27(12-9-23)22(29)16-7-10-24-25-15-16/h1-4,7,10,15,17-18H,5-6,8-9,11-14H2,(H,26,28)/t17-/m0/s1. The third-order valence-corrected chi connectivity index (χ3v) is 6.82. The lowest BCUT2D eigenvalue weighted by Gasteiger charge is -2.40. The summed E-state index contributed by atoms with van der Waals surface area (Å²) < 4.78 is 0. The average Bonchev–Trinajstić information content (AvgIpc) is 3.53. The maximum atomic E-state index is 12.8. The quantitative estimate of drug-likeness (QED) is 0.871. The molecule has 1 aromatic heterocycles. The van der Waals surface area contributed by atoms with E-state index in [1.54, 1.807) is 12.3 Å². The lowest BCUT2D eigenvalue weighted by molar-refractivity contribution is -0.121. The maximum absolute atomic E-state index is 12.8. The number of likely N-dealkylation sites (tertiary alicyclic amines) is 1. The molecule has 6 nitrogen and oxygen atoms in total. The third-order valence-electron chi connectivity index (χ3n) is 6.82. The number of nitrogens with one attached hydrogen (secondary N) is 1. The van der Waals surface area contributed by atoms with Gasteiger partial charge in [0.1, 0.15) is 0 Å². The van der Waals surface area contributed by atoms with Gasteiger partial charge in [-0.05, 0) is 60.6 Å². The smallest absolute Gasteiger partial charge is 0.255 e. The maximum Gasteiger partial charge on any atom is 0.255 e. The molecule has 2 aromatic rings. The van der Waals surface area contributed by atoms with Crippen LogP contribution in [0.3, 0.4) is 0 Å². The van der Waals surface area contributed by atoms with Gasteiger partial charge in [0.15, 0.2) is 0 Å². The Bertz CT molecular complexity index is 917. The van der Waals surface area contributed by atoms with Gasteiger partial charge < -0.3 is 10.2 Å². The zero-order valence-electron chi connectivity index (χ0n) is 16.5. The Kier molecular flexibility index (Phi) is 4.57.